The molecule has 0 fully saturated rings. The van der Waals surface area contributed by atoms with Crippen molar-refractivity contribution in [2.45, 2.75) is 40.2 Å². The van der Waals surface area contributed by atoms with Crippen molar-refractivity contribution in [2.24, 2.45) is 0 Å². The normalized spacial score (nSPS) is 11.2. The van der Waals surface area contributed by atoms with Crippen molar-refractivity contribution >= 4 is 39.0 Å². The Balaban J connectivity index is 1.71. The van der Waals surface area contributed by atoms with Gasteiger partial charge < -0.3 is 9.80 Å². The minimum atomic E-state index is 0.00638. The largest absolute Gasteiger partial charge is 0.337 e. The number of amides is 1. The summed E-state index contributed by atoms with van der Waals surface area (Å²) in [6.07, 6.45) is 0. The lowest BCUT2D eigenvalue weighted by Gasteiger charge is -2.21. The molecule has 0 radical (unpaired) electrons. The van der Waals surface area contributed by atoms with Crippen LogP contribution in [-0.2, 0) is 6.54 Å². The monoisotopic (exact) mass is 458 g/mol. The van der Waals surface area contributed by atoms with Crippen molar-refractivity contribution in [1.29, 1.82) is 0 Å². The first-order chi connectivity index (χ1) is 15.8. The first-order valence-corrected chi connectivity index (χ1v) is 12.0. The van der Waals surface area contributed by atoms with Crippen LogP contribution < -0.4 is 4.90 Å². The fraction of sp³-hybridized carbons (Fsp3) is 0.296. The Hall–Kier alpha value is -3.25. The summed E-state index contributed by atoms with van der Waals surface area (Å²) in [5, 5.41) is 0.942. The fourth-order valence-corrected chi connectivity index (χ4v) is 5.19. The van der Waals surface area contributed by atoms with Gasteiger partial charge in [0, 0.05) is 26.3 Å². The molecule has 0 bridgehead atoms. The van der Waals surface area contributed by atoms with Crippen LogP contribution in [0.25, 0.3) is 10.2 Å². The molecule has 0 N–H and O–H groups in total. The number of fused-ring (bicyclic) bond motifs is 1. The van der Waals surface area contributed by atoms with Gasteiger partial charge in [-0.05, 0) is 48.6 Å². The zero-order valence-corrected chi connectivity index (χ0v) is 20.9. The first-order valence-electron chi connectivity index (χ1n) is 11.2. The van der Waals surface area contributed by atoms with Gasteiger partial charge in [-0.2, -0.15) is 0 Å². The highest BCUT2D eigenvalue weighted by molar-refractivity contribution is 7.20. The molecular weight excluding hydrogens is 428 g/mol. The molecule has 0 spiro atoms. The Kier molecular flexibility index (Phi) is 6.47. The Morgan fingerprint density at radius 1 is 0.970 bits per heavy atom. The van der Waals surface area contributed by atoms with E-state index in [1.807, 2.05) is 58.3 Å². The molecule has 1 amide bonds. The average Bonchev–Trinajstić information content (AvgIpc) is 3.14. The topological polar surface area (TPSA) is 49.3 Å². The number of aryl methyl sites for hydroxylation is 2. The van der Waals surface area contributed by atoms with Gasteiger partial charge in [0.2, 0.25) is 0 Å². The summed E-state index contributed by atoms with van der Waals surface area (Å²) < 4.78 is 0. The molecule has 33 heavy (non-hydrogen) atoms. The third-order valence-corrected chi connectivity index (χ3v) is 7.12. The zero-order chi connectivity index (χ0) is 23.7. The van der Waals surface area contributed by atoms with Crippen LogP contribution in [0.1, 0.15) is 52.0 Å². The van der Waals surface area contributed by atoms with E-state index in [1.54, 1.807) is 4.90 Å². The van der Waals surface area contributed by atoms with Gasteiger partial charge in [0.1, 0.15) is 16.5 Å². The number of hydrogen-bond acceptors (Lipinski definition) is 5. The minimum Gasteiger partial charge on any atom is -0.337 e. The van der Waals surface area contributed by atoms with Crippen LogP contribution in [0.3, 0.4) is 0 Å². The van der Waals surface area contributed by atoms with E-state index in [1.165, 1.54) is 16.9 Å². The van der Waals surface area contributed by atoms with Gasteiger partial charge in [0.05, 0.1) is 10.3 Å². The lowest BCUT2D eigenvalue weighted by molar-refractivity contribution is 0.0789. The number of hydrogen-bond donors (Lipinski definition) is 0. The van der Waals surface area contributed by atoms with Gasteiger partial charge in [-0.1, -0.05) is 56.3 Å². The minimum absolute atomic E-state index is 0.00638. The number of carbonyl (C=O) groups is 1. The van der Waals surface area contributed by atoms with Crippen LogP contribution in [0.2, 0.25) is 0 Å². The molecule has 2 heterocycles. The van der Waals surface area contributed by atoms with Crippen molar-refractivity contribution in [3.05, 3.63) is 82.0 Å². The van der Waals surface area contributed by atoms with E-state index in [9.17, 15) is 4.79 Å². The van der Waals surface area contributed by atoms with E-state index in [0.29, 0.717) is 23.2 Å². The molecule has 0 saturated heterocycles. The third-order valence-electron chi connectivity index (χ3n) is 5.95. The molecule has 0 aliphatic rings. The zero-order valence-electron chi connectivity index (χ0n) is 20.1. The van der Waals surface area contributed by atoms with Crippen LogP contribution in [0, 0.1) is 13.8 Å². The summed E-state index contributed by atoms with van der Waals surface area (Å²) in [6, 6.07) is 18.6. The van der Waals surface area contributed by atoms with Crippen LogP contribution in [0.5, 0.6) is 0 Å². The number of aromatic nitrogens is 2. The Labute approximate surface area is 199 Å². The van der Waals surface area contributed by atoms with Crippen molar-refractivity contribution in [3.63, 3.8) is 0 Å². The molecule has 2 aromatic heterocycles. The lowest BCUT2D eigenvalue weighted by atomic mass is 10.0. The second kappa shape index (κ2) is 9.32. The smallest absolute Gasteiger partial charge is 0.264 e. The molecule has 2 aromatic carbocycles. The van der Waals surface area contributed by atoms with E-state index in [4.69, 9.17) is 4.98 Å². The molecule has 4 aromatic rings. The van der Waals surface area contributed by atoms with Gasteiger partial charge >= 0.3 is 0 Å². The molecule has 0 saturated carbocycles. The third kappa shape index (κ3) is 4.62. The summed E-state index contributed by atoms with van der Waals surface area (Å²) in [4.78, 5) is 28.2. The Bertz CT molecular complexity index is 1280. The molecule has 5 nitrogen and oxygen atoms in total. The predicted octanol–water partition coefficient (Wildman–Crippen LogP) is 6.47. The van der Waals surface area contributed by atoms with Crippen LogP contribution in [0.15, 0.2) is 54.6 Å². The van der Waals surface area contributed by atoms with Crippen LogP contribution in [0.4, 0.5) is 11.5 Å². The lowest BCUT2D eigenvalue weighted by Crippen LogP contribution is -2.25. The highest BCUT2D eigenvalue weighted by Gasteiger charge is 2.24. The molecule has 6 heteroatoms. The molecule has 0 unspecified atom stereocenters. The summed E-state index contributed by atoms with van der Waals surface area (Å²) in [5.74, 6) is 2.01. The van der Waals surface area contributed by atoms with E-state index in [-0.39, 0.29) is 5.91 Å². The van der Waals surface area contributed by atoms with Gasteiger partial charge in [0.15, 0.2) is 0 Å². The number of thiophene rings is 1. The summed E-state index contributed by atoms with van der Waals surface area (Å²) in [7, 11) is 3.87. The predicted molar refractivity (Wildman–Crippen MR) is 138 cm³/mol. The number of nitrogens with zero attached hydrogens (tertiary/aromatic N) is 4. The maximum Gasteiger partial charge on any atom is 0.264 e. The number of anilines is 2. The highest BCUT2D eigenvalue weighted by atomic mass is 32.1. The summed E-state index contributed by atoms with van der Waals surface area (Å²) >= 11 is 1.45. The van der Waals surface area contributed by atoms with Crippen LogP contribution in [-0.4, -0.2) is 34.9 Å². The van der Waals surface area contributed by atoms with Gasteiger partial charge in [0.25, 0.3) is 5.91 Å². The van der Waals surface area contributed by atoms with Crippen molar-refractivity contribution in [2.75, 3.05) is 19.0 Å². The second-order valence-corrected chi connectivity index (χ2v) is 9.78. The SMILES string of the molecule is Cc1nc(N(C)c2ccc(C(C)C)cc2)c2c(C)c(C(=O)N(C)Cc3ccccc3)sc2n1. The van der Waals surface area contributed by atoms with Crippen molar-refractivity contribution in [3.8, 4) is 0 Å². The number of benzene rings is 2. The second-order valence-electron chi connectivity index (χ2n) is 8.78. The quantitative estimate of drug-likeness (QED) is 0.332. The number of rotatable bonds is 6. The standard InChI is InChI=1S/C27H30N4OS/c1-17(2)21-12-14-22(15-13-21)31(6)25-23-18(3)24(33-26(23)29-19(4)28-25)27(32)30(5)16-20-10-8-7-9-11-20/h7-15,17H,16H2,1-6H3. The molecule has 0 aliphatic carbocycles. The maximum absolute atomic E-state index is 13.4. The van der Waals surface area contributed by atoms with Gasteiger partial charge in [-0.15, -0.1) is 11.3 Å². The fourth-order valence-electron chi connectivity index (χ4n) is 3.98. The van der Waals surface area contributed by atoms with Gasteiger partial charge in [-0.25, -0.2) is 9.97 Å². The van der Waals surface area contributed by atoms with E-state index in [2.05, 4.69) is 48.0 Å². The first kappa shape index (κ1) is 22.9. The van der Waals surface area contributed by atoms with Gasteiger partial charge in [-0.3, -0.25) is 4.79 Å². The molecule has 0 atom stereocenters. The highest BCUT2D eigenvalue weighted by Crippen LogP contribution is 2.38. The Morgan fingerprint density at radius 3 is 2.27 bits per heavy atom. The van der Waals surface area contributed by atoms with E-state index >= 15 is 0 Å². The molecule has 170 valence electrons. The van der Waals surface area contributed by atoms with Crippen LogP contribution >= 0.6 is 11.3 Å². The maximum atomic E-state index is 13.4. The molecular formula is C27H30N4OS. The molecule has 4 rings (SSSR count). The van der Waals surface area contributed by atoms with Crippen molar-refractivity contribution < 1.29 is 4.79 Å². The van der Waals surface area contributed by atoms with E-state index in [0.717, 1.165) is 32.8 Å². The Morgan fingerprint density at radius 2 is 1.64 bits per heavy atom. The molecule has 0 aliphatic heterocycles. The summed E-state index contributed by atoms with van der Waals surface area (Å²) in [5.41, 5.74) is 4.39. The number of carbonyl (C=O) groups excluding carboxylic acids is 1. The van der Waals surface area contributed by atoms with Crippen molar-refractivity contribution in [1.82, 2.24) is 14.9 Å². The summed E-state index contributed by atoms with van der Waals surface area (Å²) in [6.45, 7) is 8.85. The van der Waals surface area contributed by atoms with E-state index < -0.39 is 0 Å². The average molecular weight is 459 g/mol.